The first-order chi connectivity index (χ1) is 8.81. The summed E-state index contributed by atoms with van der Waals surface area (Å²) in [7, 11) is 0. The average molecular weight is 304 g/mol. The summed E-state index contributed by atoms with van der Waals surface area (Å²) in [4.78, 5) is 22.6. The van der Waals surface area contributed by atoms with Crippen molar-refractivity contribution in [1.82, 2.24) is 5.32 Å². The molecule has 0 heterocycles. The summed E-state index contributed by atoms with van der Waals surface area (Å²) < 4.78 is 4.79. The maximum atomic E-state index is 11.8. The van der Waals surface area contributed by atoms with E-state index in [9.17, 15) is 9.59 Å². The fourth-order valence-corrected chi connectivity index (χ4v) is 2.14. The van der Waals surface area contributed by atoms with Crippen LogP contribution in [0.2, 0.25) is 10.0 Å². The first-order valence-corrected chi connectivity index (χ1v) is 6.49. The number of hydrogen-bond donors (Lipinski definition) is 1. The van der Waals surface area contributed by atoms with E-state index < -0.39 is 12.1 Å². The first-order valence-electron chi connectivity index (χ1n) is 5.73. The summed E-state index contributed by atoms with van der Waals surface area (Å²) in [6, 6.07) is 4.74. The highest BCUT2D eigenvalue weighted by Crippen LogP contribution is 2.26. The Labute approximate surface area is 122 Å². The summed E-state index contributed by atoms with van der Waals surface area (Å²) >= 11 is 11.9. The van der Waals surface area contributed by atoms with Crippen molar-refractivity contribution in [3.8, 4) is 0 Å². The molecule has 0 spiro atoms. The Morgan fingerprint density at radius 1 is 1.26 bits per heavy atom. The molecule has 0 aliphatic rings. The Kier molecular flexibility index (Phi) is 5.63. The lowest BCUT2D eigenvalue weighted by Crippen LogP contribution is -2.37. The zero-order valence-corrected chi connectivity index (χ0v) is 12.4. The van der Waals surface area contributed by atoms with Crippen LogP contribution in [0.15, 0.2) is 18.2 Å². The van der Waals surface area contributed by atoms with E-state index in [4.69, 9.17) is 27.9 Å². The van der Waals surface area contributed by atoms with Crippen LogP contribution in [0.3, 0.4) is 0 Å². The van der Waals surface area contributed by atoms with E-state index in [1.165, 1.54) is 13.8 Å². The Hall–Kier alpha value is -1.26. The molecule has 0 saturated carbocycles. The number of ether oxygens (including phenoxy) is 1. The number of amides is 1. The molecule has 104 valence electrons. The fourth-order valence-electron chi connectivity index (χ4n) is 1.56. The third-order valence-electron chi connectivity index (χ3n) is 2.50. The van der Waals surface area contributed by atoms with Gasteiger partial charge in [-0.1, -0.05) is 29.3 Å². The van der Waals surface area contributed by atoms with E-state index in [1.807, 2.05) is 0 Å². The zero-order valence-electron chi connectivity index (χ0n) is 10.9. The van der Waals surface area contributed by atoms with Crippen molar-refractivity contribution in [2.24, 2.45) is 0 Å². The standard InChI is InChI=1S/C13H15Cl2NO3/c1-7(11-5-4-10(14)6-12(11)15)16-13(18)8(2)19-9(3)17/h4-8H,1-3H3,(H,16,18)/t7-,8+/m1/s1. The second kappa shape index (κ2) is 6.78. The average Bonchev–Trinajstić information content (AvgIpc) is 2.27. The molecule has 1 rings (SSSR count). The van der Waals surface area contributed by atoms with Crippen LogP contribution in [-0.2, 0) is 14.3 Å². The summed E-state index contributed by atoms with van der Waals surface area (Å²) in [6.07, 6.45) is -0.842. The molecule has 0 unspecified atom stereocenters. The molecular formula is C13H15Cl2NO3. The lowest BCUT2D eigenvalue weighted by molar-refractivity contribution is -0.152. The number of hydrogen-bond acceptors (Lipinski definition) is 3. The van der Waals surface area contributed by atoms with E-state index in [-0.39, 0.29) is 11.9 Å². The lowest BCUT2D eigenvalue weighted by atomic mass is 10.1. The molecular weight excluding hydrogens is 289 g/mol. The molecule has 1 aromatic rings. The number of rotatable bonds is 4. The third kappa shape index (κ3) is 4.73. The minimum atomic E-state index is -0.842. The van der Waals surface area contributed by atoms with Crippen molar-refractivity contribution in [1.29, 1.82) is 0 Å². The van der Waals surface area contributed by atoms with E-state index in [2.05, 4.69) is 5.32 Å². The smallest absolute Gasteiger partial charge is 0.303 e. The van der Waals surface area contributed by atoms with E-state index in [1.54, 1.807) is 25.1 Å². The summed E-state index contributed by atoms with van der Waals surface area (Å²) in [5.41, 5.74) is 0.745. The Bertz CT molecular complexity index is 491. The van der Waals surface area contributed by atoms with Crippen LogP contribution in [0.25, 0.3) is 0 Å². The molecule has 0 aliphatic heterocycles. The molecule has 4 nitrogen and oxygen atoms in total. The van der Waals surface area contributed by atoms with Crippen LogP contribution in [0.1, 0.15) is 32.4 Å². The lowest BCUT2D eigenvalue weighted by Gasteiger charge is -2.18. The van der Waals surface area contributed by atoms with Gasteiger partial charge in [-0.25, -0.2) is 0 Å². The van der Waals surface area contributed by atoms with Gasteiger partial charge in [-0.05, 0) is 31.5 Å². The van der Waals surface area contributed by atoms with Gasteiger partial charge in [0.2, 0.25) is 0 Å². The van der Waals surface area contributed by atoms with E-state index in [0.717, 1.165) is 5.56 Å². The highest BCUT2D eigenvalue weighted by atomic mass is 35.5. The summed E-state index contributed by atoms with van der Waals surface area (Å²) in [6.45, 7) is 4.55. The molecule has 2 atom stereocenters. The molecule has 6 heteroatoms. The van der Waals surface area contributed by atoms with Crippen LogP contribution in [0.5, 0.6) is 0 Å². The quantitative estimate of drug-likeness (QED) is 0.870. The fraction of sp³-hybridized carbons (Fsp3) is 0.385. The molecule has 0 saturated heterocycles. The molecule has 0 aliphatic carbocycles. The van der Waals surface area contributed by atoms with E-state index in [0.29, 0.717) is 10.0 Å². The molecule has 0 radical (unpaired) electrons. The molecule has 0 fully saturated rings. The molecule has 1 amide bonds. The van der Waals surface area contributed by atoms with Crippen molar-refractivity contribution in [3.63, 3.8) is 0 Å². The zero-order chi connectivity index (χ0) is 14.6. The van der Waals surface area contributed by atoms with Crippen LogP contribution >= 0.6 is 23.2 Å². The highest BCUT2D eigenvalue weighted by Gasteiger charge is 2.19. The topological polar surface area (TPSA) is 55.4 Å². The largest absolute Gasteiger partial charge is 0.453 e. The van der Waals surface area contributed by atoms with Gasteiger partial charge in [0.25, 0.3) is 5.91 Å². The number of halogens is 2. The van der Waals surface area contributed by atoms with Crippen molar-refractivity contribution in [3.05, 3.63) is 33.8 Å². The van der Waals surface area contributed by atoms with Crippen LogP contribution in [-0.4, -0.2) is 18.0 Å². The Morgan fingerprint density at radius 3 is 2.42 bits per heavy atom. The van der Waals surface area contributed by atoms with Gasteiger partial charge >= 0.3 is 5.97 Å². The van der Waals surface area contributed by atoms with Crippen molar-refractivity contribution in [2.45, 2.75) is 32.9 Å². The molecule has 19 heavy (non-hydrogen) atoms. The number of carbonyl (C=O) groups is 2. The summed E-state index contributed by atoms with van der Waals surface area (Å²) in [5, 5.41) is 3.72. The summed E-state index contributed by atoms with van der Waals surface area (Å²) in [5.74, 6) is -0.881. The number of carbonyl (C=O) groups excluding carboxylic acids is 2. The number of nitrogens with one attached hydrogen (secondary N) is 1. The van der Waals surface area contributed by atoms with Gasteiger partial charge in [-0.3, -0.25) is 9.59 Å². The van der Waals surface area contributed by atoms with Gasteiger partial charge < -0.3 is 10.1 Å². The van der Waals surface area contributed by atoms with Gasteiger partial charge in [0.15, 0.2) is 6.10 Å². The molecule has 1 N–H and O–H groups in total. The second-order valence-electron chi connectivity index (χ2n) is 4.15. The predicted octanol–water partition coefficient (Wildman–Crippen LogP) is 3.12. The van der Waals surface area contributed by atoms with Gasteiger partial charge in [-0.15, -0.1) is 0 Å². The normalized spacial score (nSPS) is 13.5. The first kappa shape index (κ1) is 15.8. The van der Waals surface area contributed by atoms with Crippen molar-refractivity contribution < 1.29 is 14.3 Å². The third-order valence-corrected chi connectivity index (χ3v) is 3.06. The van der Waals surface area contributed by atoms with Crippen LogP contribution in [0, 0.1) is 0 Å². The van der Waals surface area contributed by atoms with E-state index >= 15 is 0 Å². The second-order valence-corrected chi connectivity index (χ2v) is 4.99. The highest BCUT2D eigenvalue weighted by molar-refractivity contribution is 6.35. The predicted molar refractivity (Wildman–Crippen MR) is 74.2 cm³/mol. The van der Waals surface area contributed by atoms with Gasteiger partial charge in [0.1, 0.15) is 0 Å². The molecule has 1 aromatic carbocycles. The maximum Gasteiger partial charge on any atom is 0.303 e. The molecule has 0 aromatic heterocycles. The molecule has 0 bridgehead atoms. The van der Waals surface area contributed by atoms with Gasteiger partial charge in [-0.2, -0.15) is 0 Å². The number of benzene rings is 1. The minimum Gasteiger partial charge on any atom is -0.453 e. The van der Waals surface area contributed by atoms with Gasteiger partial charge in [0.05, 0.1) is 6.04 Å². The Morgan fingerprint density at radius 2 is 1.89 bits per heavy atom. The Balaban J connectivity index is 2.71. The van der Waals surface area contributed by atoms with Crippen molar-refractivity contribution in [2.75, 3.05) is 0 Å². The van der Waals surface area contributed by atoms with Crippen molar-refractivity contribution >= 4 is 35.1 Å². The SMILES string of the molecule is CC(=O)O[C@@H](C)C(=O)N[C@H](C)c1ccc(Cl)cc1Cl. The van der Waals surface area contributed by atoms with Gasteiger partial charge in [0, 0.05) is 17.0 Å². The van der Waals surface area contributed by atoms with Crippen LogP contribution in [0.4, 0.5) is 0 Å². The minimum absolute atomic E-state index is 0.310. The monoisotopic (exact) mass is 303 g/mol. The maximum absolute atomic E-state index is 11.8. The van der Waals surface area contributed by atoms with Crippen LogP contribution < -0.4 is 5.32 Å². The number of esters is 1.